The number of halogens is 1. The van der Waals surface area contributed by atoms with E-state index < -0.39 is 0 Å². The lowest BCUT2D eigenvalue weighted by atomic mass is 9.78. The van der Waals surface area contributed by atoms with Crippen LogP contribution in [0.3, 0.4) is 0 Å². The van der Waals surface area contributed by atoms with Crippen molar-refractivity contribution in [2.45, 2.75) is 45.3 Å². The molecule has 3 nitrogen and oxygen atoms in total. The number of anilines is 1. The fourth-order valence-electron chi connectivity index (χ4n) is 2.52. The molecule has 102 valence electrons. The summed E-state index contributed by atoms with van der Waals surface area (Å²) in [5, 5.41) is 4.10. The summed E-state index contributed by atoms with van der Waals surface area (Å²) in [7, 11) is -0.386. The van der Waals surface area contributed by atoms with Crippen LogP contribution in [0.15, 0.2) is 12.1 Å². The Hall–Kier alpha value is -0.705. The second kappa shape index (κ2) is 4.14. The van der Waals surface area contributed by atoms with Crippen molar-refractivity contribution in [3.63, 3.8) is 0 Å². The van der Waals surface area contributed by atoms with Gasteiger partial charge in [-0.2, -0.15) is 0 Å². The van der Waals surface area contributed by atoms with Gasteiger partial charge in [0.15, 0.2) is 0 Å². The van der Waals surface area contributed by atoms with Gasteiger partial charge in [-0.25, -0.2) is 0 Å². The highest BCUT2D eigenvalue weighted by molar-refractivity contribution is 6.65. The zero-order valence-electron chi connectivity index (χ0n) is 11.8. The van der Waals surface area contributed by atoms with Gasteiger partial charge >= 0.3 is 7.12 Å². The Morgan fingerprint density at radius 2 is 1.79 bits per heavy atom. The van der Waals surface area contributed by atoms with E-state index in [9.17, 15) is 0 Å². The number of nitrogens with one attached hydrogen (secondary N) is 1. The smallest absolute Gasteiger partial charge is 0.399 e. The molecule has 1 aromatic rings. The average Bonchev–Trinajstić information content (AvgIpc) is 2.83. The van der Waals surface area contributed by atoms with Crippen LogP contribution in [0.25, 0.3) is 0 Å². The molecule has 1 N–H and O–H groups in total. The molecule has 0 aliphatic carbocycles. The molecule has 0 radical (unpaired) electrons. The van der Waals surface area contributed by atoms with Crippen LogP contribution in [0.5, 0.6) is 0 Å². The summed E-state index contributed by atoms with van der Waals surface area (Å²) in [4.78, 5) is 0. The van der Waals surface area contributed by atoms with Gasteiger partial charge in [-0.15, -0.1) is 0 Å². The summed E-state index contributed by atoms with van der Waals surface area (Å²) in [5.74, 6) is 0. The van der Waals surface area contributed by atoms with Crippen LogP contribution in [0, 0.1) is 0 Å². The van der Waals surface area contributed by atoms with Crippen molar-refractivity contribution in [3.8, 4) is 0 Å². The third-order valence-corrected chi connectivity index (χ3v) is 4.92. The molecule has 3 rings (SSSR count). The van der Waals surface area contributed by atoms with Crippen LogP contribution in [-0.2, 0) is 15.7 Å². The van der Waals surface area contributed by atoms with Crippen LogP contribution in [0.2, 0.25) is 5.02 Å². The maximum Gasteiger partial charge on any atom is 0.496 e. The molecule has 1 saturated heterocycles. The summed E-state index contributed by atoms with van der Waals surface area (Å²) in [5.41, 5.74) is 2.57. The molecule has 0 spiro atoms. The van der Waals surface area contributed by atoms with Crippen LogP contribution in [0.4, 0.5) is 5.69 Å². The van der Waals surface area contributed by atoms with Crippen LogP contribution >= 0.6 is 11.6 Å². The van der Waals surface area contributed by atoms with E-state index in [2.05, 4.69) is 39.1 Å². The minimum absolute atomic E-state index is 0.335. The molecular formula is C14H19BClNO2. The van der Waals surface area contributed by atoms with E-state index >= 15 is 0 Å². The molecule has 5 heteroatoms. The van der Waals surface area contributed by atoms with Crippen LogP contribution in [-0.4, -0.2) is 24.9 Å². The van der Waals surface area contributed by atoms with Crippen molar-refractivity contribution in [3.05, 3.63) is 22.7 Å². The fraction of sp³-hybridized carbons (Fsp3) is 0.571. The zero-order valence-corrected chi connectivity index (χ0v) is 12.6. The third-order valence-electron chi connectivity index (χ3n) is 4.47. The first kappa shape index (κ1) is 13.3. The molecule has 0 atom stereocenters. The van der Waals surface area contributed by atoms with Crippen molar-refractivity contribution in [1.29, 1.82) is 0 Å². The van der Waals surface area contributed by atoms with Gasteiger partial charge in [-0.05, 0) is 45.7 Å². The van der Waals surface area contributed by atoms with E-state index in [1.54, 1.807) is 0 Å². The summed E-state index contributed by atoms with van der Waals surface area (Å²) in [6, 6.07) is 4.07. The van der Waals surface area contributed by atoms with Crippen molar-refractivity contribution >= 4 is 29.9 Å². The SMILES string of the molecule is CC1(C)OB(c2ccc3c(c2Cl)CCN3)OC1(C)C. The van der Waals surface area contributed by atoms with E-state index in [4.69, 9.17) is 20.9 Å². The van der Waals surface area contributed by atoms with E-state index in [1.807, 2.05) is 6.07 Å². The molecule has 2 aliphatic heterocycles. The van der Waals surface area contributed by atoms with Gasteiger partial charge < -0.3 is 14.6 Å². The molecule has 2 heterocycles. The number of hydrogen-bond donors (Lipinski definition) is 1. The van der Waals surface area contributed by atoms with Crippen LogP contribution in [0.1, 0.15) is 33.3 Å². The molecule has 0 saturated carbocycles. The van der Waals surface area contributed by atoms with Gasteiger partial charge in [-0.1, -0.05) is 17.7 Å². The number of benzene rings is 1. The molecule has 0 amide bonds. The minimum Gasteiger partial charge on any atom is -0.399 e. The van der Waals surface area contributed by atoms with Gasteiger partial charge in [0.05, 0.1) is 11.2 Å². The largest absolute Gasteiger partial charge is 0.496 e. The predicted octanol–water partition coefficient (Wildman–Crippen LogP) is 2.61. The molecule has 1 fully saturated rings. The number of hydrogen-bond acceptors (Lipinski definition) is 3. The Morgan fingerprint density at radius 3 is 2.42 bits per heavy atom. The number of rotatable bonds is 1. The quantitative estimate of drug-likeness (QED) is 0.802. The Bertz CT molecular complexity index is 514. The van der Waals surface area contributed by atoms with E-state index in [0.29, 0.717) is 0 Å². The highest BCUT2D eigenvalue weighted by atomic mass is 35.5. The first-order chi connectivity index (χ1) is 8.82. The van der Waals surface area contributed by atoms with E-state index in [-0.39, 0.29) is 18.3 Å². The summed E-state index contributed by atoms with van der Waals surface area (Å²) < 4.78 is 12.1. The molecule has 19 heavy (non-hydrogen) atoms. The van der Waals surface area contributed by atoms with E-state index in [1.165, 1.54) is 5.56 Å². The van der Waals surface area contributed by atoms with Gasteiger partial charge in [0.25, 0.3) is 0 Å². The van der Waals surface area contributed by atoms with Crippen LogP contribution < -0.4 is 10.8 Å². The van der Waals surface area contributed by atoms with Crippen molar-refractivity contribution in [1.82, 2.24) is 0 Å². The van der Waals surface area contributed by atoms with Crippen molar-refractivity contribution in [2.75, 3.05) is 11.9 Å². The molecule has 0 bridgehead atoms. The van der Waals surface area contributed by atoms with Crippen molar-refractivity contribution < 1.29 is 9.31 Å². The first-order valence-corrected chi connectivity index (χ1v) is 7.10. The molecule has 2 aliphatic rings. The second-order valence-electron chi connectivity index (χ2n) is 6.26. The first-order valence-electron chi connectivity index (χ1n) is 6.73. The zero-order chi connectivity index (χ0) is 13.8. The molecular weight excluding hydrogens is 260 g/mol. The molecule has 0 aromatic heterocycles. The van der Waals surface area contributed by atoms with Crippen molar-refractivity contribution in [2.24, 2.45) is 0 Å². The van der Waals surface area contributed by atoms with Gasteiger partial charge in [0.1, 0.15) is 0 Å². The highest BCUT2D eigenvalue weighted by Crippen LogP contribution is 2.38. The highest BCUT2D eigenvalue weighted by Gasteiger charge is 2.52. The van der Waals surface area contributed by atoms with E-state index in [0.717, 1.165) is 29.1 Å². The lowest BCUT2D eigenvalue weighted by molar-refractivity contribution is 0.00578. The minimum atomic E-state index is -0.386. The topological polar surface area (TPSA) is 30.5 Å². The second-order valence-corrected chi connectivity index (χ2v) is 6.64. The Morgan fingerprint density at radius 1 is 1.16 bits per heavy atom. The monoisotopic (exact) mass is 279 g/mol. The average molecular weight is 280 g/mol. The molecule has 1 aromatic carbocycles. The third kappa shape index (κ3) is 1.97. The maximum absolute atomic E-state index is 6.52. The standard InChI is InChI=1S/C14H19BClNO2/c1-13(2)14(3,4)19-15(18-13)10-5-6-11-9(12(10)16)7-8-17-11/h5-6,17H,7-8H2,1-4H3. The Kier molecular flexibility index (Phi) is 2.90. The number of fused-ring (bicyclic) bond motifs is 1. The Labute approximate surface area is 119 Å². The summed E-state index contributed by atoms with van der Waals surface area (Å²) in [6.07, 6.45) is 0.960. The predicted molar refractivity (Wildman–Crippen MR) is 79.4 cm³/mol. The lowest BCUT2D eigenvalue weighted by Gasteiger charge is -2.32. The molecule has 0 unspecified atom stereocenters. The fourth-order valence-corrected chi connectivity index (χ4v) is 2.87. The summed E-state index contributed by atoms with van der Waals surface area (Å²) >= 11 is 6.52. The normalized spacial score (nSPS) is 23.3. The Balaban J connectivity index is 1.97. The van der Waals surface area contributed by atoms with Gasteiger partial charge in [0, 0.05) is 22.7 Å². The van der Waals surface area contributed by atoms with Gasteiger partial charge in [-0.3, -0.25) is 0 Å². The maximum atomic E-state index is 6.52. The van der Waals surface area contributed by atoms with Gasteiger partial charge in [0.2, 0.25) is 0 Å². The summed E-state index contributed by atoms with van der Waals surface area (Å²) in [6.45, 7) is 9.15. The lowest BCUT2D eigenvalue weighted by Crippen LogP contribution is -2.41.